The van der Waals surface area contributed by atoms with Crippen molar-refractivity contribution in [1.82, 2.24) is 0 Å². The first-order valence-corrected chi connectivity index (χ1v) is 0.258. The average Bonchev–Trinajstić information content (AvgIpc) is 1.00. The van der Waals surface area contributed by atoms with E-state index in [9.17, 15) is 0 Å². The minimum absolute atomic E-state index is 0. The van der Waals surface area contributed by atoms with Crippen molar-refractivity contribution in [3.05, 3.63) is 0 Å². The molecule has 0 amide bonds. The summed E-state index contributed by atoms with van der Waals surface area (Å²) in [5.74, 6) is 0. The van der Waals surface area contributed by atoms with Gasteiger partial charge in [0.1, 0.15) is 0 Å². The molecule has 0 aromatic rings. The van der Waals surface area contributed by atoms with Crippen LogP contribution in [-0.4, -0.2) is 17.4 Å². The molecule has 0 saturated carbocycles. The molecule has 0 unspecified atom stereocenters. The first-order chi connectivity index (χ1) is 1.00. The fourth-order valence-electron chi connectivity index (χ4n) is 0. The quantitative estimate of drug-likeness (QED) is 0.376. The Morgan fingerprint density at radius 3 is 1.25 bits per heavy atom. The summed E-state index contributed by atoms with van der Waals surface area (Å²) in [6.45, 7) is 3.50. The number of nitriles is 1. The fourth-order valence-corrected chi connectivity index (χ4v) is 0. The molecule has 0 aromatic heterocycles. The van der Waals surface area contributed by atoms with Gasteiger partial charge in [-0.2, -0.15) is 0 Å². The second-order valence-electron chi connectivity index (χ2n) is 0. The molecule has 0 aromatic carbocycles. The summed E-state index contributed by atoms with van der Waals surface area (Å²) in [5, 5.41) is 6.50. The average molecular weight is 122 g/mol. The smallest absolute Gasteiger partial charge is 0.187 e. The first-order valence-electron chi connectivity index (χ1n) is 0.258. The Hall–Kier alpha value is 0.646. The predicted molar refractivity (Wildman–Crippen MR) is 16.6 cm³/mol. The van der Waals surface area contributed by atoms with E-state index < -0.39 is 0 Å². The van der Waals surface area contributed by atoms with Crippen LogP contribution in [0, 0.1) is 11.8 Å². The summed E-state index contributed by atoms with van der Waals surface area (Å²) in [4.78, 5) is 0. The van der Waals surface area contributed by atoms with Crippen LogP contribution in [0.1, 0.15) is 0 Å². The van der Waals surface area contributed by atoms with Gasteiger partial charge in [-0.1, -0.05) is 0 Å². The molecule has 0 bridgehead atoms. The molecule has 0 aliphatic heterocycles. The molecule has 1 nitrogen and oxygen atoms in total. The number of rotatable bonds is 0. The Morgan fingerprint density at radius 1 is 1.25 bits per heavy atom. The van der Waals surface area contributed by atoms with E-state index in [1.54, 1.807) is 0 Å². The van der Waals surface area contributed by atoms with E-state index in [1.807, 2.05) is 0 Å². The summed E-state index contributed by atoms with van der Waals surface area (Å²) < 4.78 is 0. The molecule has 0 aliphatic rings. The van der Waals surface area contributed by atoms with Crippen molar-refractivity contribution < 1.29 is 19.5 Å². The van der Waals surface area contributed by atoms with Gasteiger partial charge >= 0.3 is 0 Å². The van der Waals surface area contributed by atoms with E-state index in [-0.39, 0.29) is 36.8 Å². The molecule has 0 fully saturated rings. The van der Waals surface area contributed by atoms with Crippen molar-refractivity contribution in [2.24, 2.45) is 0 Å². The van der Waals surface area contributed by atoms with Gasteiger partial charge in [-0.25, -0.2) is 5.26 Å². The summed E-state index contributed by atoms with van der Waals surface area (Å²) in [6, 6.07) is 0. The second kappa shape index (κ2) is 61.2. The third kappa shape index (κ3) is 17.2. The molecule has 0 aliphatic carbocycles. The van der Waals surface area contributed by atoms with Crippen LogP contribution in [0.2, 0.25) is 0 Å². The Labute approximate surface area is 48.9 Å². The molecule has 0 N–H and O–H groups in total. The zero-order valence-corrected chi connectivity index (χ0v) is 4.70. The van der Waals surface area contributed by atoms with E-state index in [2.05, 4.69) is 6.57 Å². The summed E-state index contributed by atoms with van der Waals surface area (Å²) in [6.07, 6.45) is 0. The molecule has 0 heterocycles. The molecule has 0 rings (SSSR count). The van der Waals surface area contributed by atoms with Crippen molar-refractivity contribution in [3.8, 4) is 6.57 Å². The molecule has 18 valence electrons. The van der Waals surface area contributed by atoms with Crippen LogP contribution in [0.4, 0.5) is 0 Å². The van der Waals surface area contributed by atoms with Gasteiger partial charge < -0.3 is 0 Å². The second-order valence-corrected chi connectivity index (χ2v) is 0. The van der Waals surface area contributed by atoms with E-state index >= 15 is 0 Å². The molecule has 3 heteroatoms. The Kier molecular flexibility index (Phi) is 349. The van der Waals surface area contributed by atoms with Crippen molar-refractivity contribution in [2.45, 2.75) is 0 Å². The number of hydrogen-bond acceptors (Lipinski definition) is 1. The maximum atomic E-state index is 6.50. The van der Waals surface area contributed by atoms with Crippen LogP contribution in [0.5, 0.6) is 0 Å². The maximum Gasteiger partial charge on any atom is 0.187 e. The third-order valence-electron chi connectivity index (χ3n) is 0. The van der Waals surface area contributed by atoms with E-state index in [4.69, 9.17) is 5.26 Å². The fraction of sp³-hybridized carbons (Fsp3) is 0. The normalized spacial score (nSPS) is 0.500. The van der Waals surface area contributed by atoms with E-state index in [0.29, 0.717) is 0 Å². The minimum atomic E-state index is 0. The molecule has 0 saturated heterocycles. The van der Waals surface area contributed by atoms with Crippen molar-refractivity contribution in [1.29, 1.82) is 5.26 Å². The van der Waals surface area contributed by atoms with E-state index in [0.717, 1.165) is 0 Å². The van der Waals surface area contributed by atoms with E-state index in [1.165, 1.54) is 0 Å². The van der Waals surface area contributed by atoms with Crippen LogP contribution in [0.25, 0.3) is 0 Å². The third-order valence-corrected chi connectivity index (χ3v) is 0. The molecular formula is CH4AlNZn. The molecule has 0 atom stereocenters. The van der Waals surface area contributed by atoms with Crippen LogP contribution >= 0.6 is 0 Å². The van der Waals surface area contributed by atoms with Gasteiger partial charge in [0.2, 0.25) is 0 Å². The van der Waals surface area contributed by atoms with Crippen LogP contribution in [0.3, 0.4) is 0 Å². The SMILES string of the molecule is C#N.[AlH3].[Zn]. The standard InChI is InChI=1S/CHN.Al.Zn.3H/c1-2;;;;;/h1H;;;;;. The van der Waals surface area contributed by atoms with Gasteiger partial charge in [0.25, 0.3) is 0 Å². The molecular weight excluding hydrogens is 118 g/mol. The largest absolute Gasteiger partial charge is 0.202 e. The zero-order chi connectivity index (χ0) is 2.00. The summed E-state index contributed by atoms with van der Waals surface area (Å²) in [7, 11) is 0. The first kappa shape index (κ1) is 22.8. The summed E-state index contributed by atoms with van der Waals surface area (Å²) >= 11 is 0. The maximum absolute atomic E-state index is 6.50. The number of nitrogens with zero attached hydrogens (tertiary/aromatic N) is 1. The van der Waals surface area contributed by atoms with Gasteiger partial charge in [0.05, 0.1) is 0 Å². The van der Waals surface area contributed by atoms with Crippen LogP contribution in [-0.2, 0) is 19.5 Å². The monoisotopic (exact) mass is 121 g/mol. The van der Waals surface area contributed by atoms with Crippen molar-refractivity contribution in [2.75, 3.05) is 0 Å². The molecule has 0 radical (unpaired) electrons. The van der Waals surface area contributed by atoms with Gasteiger partial charge in [-0.05, 0) is 0 Å². The topological polar surface area (TPSA) is 23.8 Å². The van der Waals surface area contributed by atoms with Crippen LogP contribution in [0.15, 0.2) is 0 Å². The van der Waals surface area contributed by atoms with Crippen LogP contribution < -0.4 is 0 Å². The van der Waals surface area contributed by atoms with Crippen molar-refractivity contribution >= 4 is 17.4 Å². The van der Waals surface area contributed by atoms with Gasteiger partial charge in [0.15, 0.2) is 17.4 Å². The Morgan fingerprint density at radius 2 is 1.25 bits per heavy atom. The number of hydrogen-bond donors (Lipinski definition) is 0. The van der Waals surface area contributed by atoms with Crippen molar-refractivity contribution in [3.63, 3.8) is 0 Å². The molecule has 0 spiro atoms. The Bertz CT molecular complexity index is 12.8. The van der Waals surface area contributed by atoms with Gasteiger partial charge in [-0.3, -0.25) is 0 Å². The Balaban J connectivity index is -0.00000000500. The predicted octanol–water partition coefficient (Wildman–Crippen LogP) is -1.05. The van der Waals surface area contributed by atoms with Gasteiger partial charge in [-0.15, -0.1) is 0 Å². The molecule has 4 heavy (non-hydrogen) atoms. The summed E-state index contributed by atoms with van der Waals surface area (Å²) in [5.41, 5.74) is 0. The zero-order valence-electron chi connectivity index (χ0n) is 1.73. The minimum Gasteiger partial charge on any atom is -0.202 e. The van der Waals surface area contributed by atoms with Gasteiger partial charge in [0, 0.05) is 26.1 Å².